The molecular formula is C49H83NO8. The number of amides is 1. The molecular weight excluding hydrogens is 731 g/mol. The fourth-order valence-electron chi connectivity index (χ4n) is 6.53. The standard InChI is InChI=1S/C49H83NO8/c1-3-5-7-9-11-13-15-17-19-21-22-23-25-27-29-31-33-35-37-39-45(53)50-42(41-57-49-48(56)47(55)46(54)44(40-51)58-49)43(52)38-36-34-32-30-28-26-24-20-18-16-14-12-10-8-6-4-2/h5,7,11,13,17-20,22-23,28,30,36,38,42-44,46-49,51-52,54-56H,3-4,6,8-10,12,14-16,21,24-27,29,31-35,37,39-41H2,1-2H3,(H,50,53)/b7-5-,13-11-,19-17-,20-18+,23-22-,30-28+,38-36+. The average molecular weight is 814 g/mol. The van der Waals surface area contributed by atoms with E-state index in [9.17, 15) is 30.3 Å². The number of rotatable bonds is 36. The summed E-state index contributed by atoms with van der Waals surface area (Å²) in [6.45, 7) is 3.60. The van der Waals surface area contributed by atoms with Gasteiger partial charge in [-0.3, -0.25) is 4.79 Å². The van der Waals surface area contributed by atoms with Crippen LogP contribution in [-0.4, -0.2) is 87.5 Å². The Morgan fingerprint density at radius 2 is 1.09 bits per heavy atom. The summed E-state index contributed by atoms with van der Waals surface area (Å²) in [5.41, 5.74) is 0. The van der Waals surface area contributed by atoms with E-state index in [4.69, 9.17) is 9.47 Å². The Morgan fingerprint density at radius 1 is 0.603 bits per heavy atom. The molecule has 7 atom stereocenters. The molecule has 6 N–H and O–H groups in total. The molecule has 1 saturated heterocycles. The third-order valence-corrected chi connectivity index (χ3v) is 10.2. The van der Waals surface area contributed by atoms with Gasteiger partial charge in [-0.25, -0.2) is 0 Å². The van der Waals surface area contributed by atoms with Crippen LogP contribution in [0, 0.1) is 0 Å². The first kappa shape index (κ1) is 53.4. The molecule has 332 valence electrons. The van der Waals surface area contributed by atoms with Crippen LogP contribution < -0.4 is 5.32 Å². The minimum atomic E-state index is -1.58. The lowest BCUT2D eigenvalue weighted by Gasteiger charge is -2.40. The van der Waals surface area contributed by atoms with Crippen LogP contribution in [0.25, 0.3) is 0 Å². The lowest BCUT2D eigenvalue weighted by Crippen LogP contribution is -2.60. The van der Waals surface area contributed by atoms with E-state index in [0.29, 0.717) is 6.42 Å². The quantitative estimate of drug-likeness (QED) is 0.0271. The van der Waals surface area contributed by atoms with Gasteiger partial charge in [0.05, 0.1) is 25.4 Å². The Morgan fingerprint density at radius 3 is 1.66 bits per heavy atom. The lowest BCUT2D eigenvalue weighted by atomic mass is 9.99. The zero-order chi connectivity index (χ0) is 42.3. The molecule has 58 heavy (non-hydrogen) atoms. The predicted molar refractivity (Wildman–Crippen MR) is 239 cm³/mol. The molecule has 1 aliphatic rings. The Balaban J connectivity index is 2.42. The first-order valence-electron chi connectivity index (χ1n) is 22.8. The molecule has 0 radical (unpaired) electrons. The van der Waals surface area contributed by atoms with Crippen LogP contribution in [0.1, 0.15) is 162 Å². The van der Waals surface area contributed by atoms with Gasteiger partial charge in [-0.2, -0.15) is 0 Å². The number of nitrogens with one attached hydrogen (secondary N) is 1. The summed E-state index contributed by atoms with van der Waals surface area (Å²) in [6, 6.07) is -0.840. The summed E-state index contributed by atoms with van der Waals surface area (Å²) in [5, 5.41) is 54.1. The predicted octanol–water partition coefficient (Wildman–Crippen LogP) is 9.55. The zero-order valence-corrected chi connectivity index (χ0v) is 36.3. The normalized spacial score (nSPS) is 21.7. The van der Waals surface area contributed by atoms with Gasteiger partial charge in [0.2, 0.25) is 5.91 Å². The smallest absolute Gasteiger partial charge is 0.220 e. The van der Waals surface area contributed by atoms with E-state index >= 15 is 0 Å². The van der Waals surface area contributed by atoms with Crippen molar-refractivity contribution in [2.24, 2.45) is 0 Å². The fraction of sp³-hybridized carbons (Fsp3) is 0.694. The van der Waals surface area contributed by atoms with Crippen molar-refractivity contribution in [2.75, 3.05) is 13.2 Å². The van der Waals surface area contributed by atoms with Crippen molar-refractivity contribution < 1.29 is 39.8 Å². The average Bonchev–Trinajstić information content (AvgIpc) is 3.22. The van der Waals surface area contributed by atoms with E-state index in [2.05, 4.69) is 92.1 Å². The number of ether oxygens (including phenoxy) is 2. The van der Waals surface area contributed by atoms with E-state index in [1.54, 1.807) is 6.08 Å². The number of hydrogen-bond donors (Lipinski definition) is 6. The van der Waals surface area contributed by atoms with Gasteiger partial charge in [0.25, 0.3) is 0 Å². The SMILES string of the molecule is CC/C=C\C/C=C\C/C=C\C/C=C\CCCCCCCCC(=O)NC(COC1OC(CO)C(O)C(O)C1O)C(O)/C=C/CC/C=C/CC/C=C/CCCCCCCC. The molecule has 1 amide bonds. The number of hydrogen-bond acceptors (Lipinski definition) is 8. The molecule has 0 saturated carbocycles. The van der Waals surface area contributed by atoms with Crippen LogP contribution in [0.5, 0.6) is 0 Å². The lowest BCUT2D eigenvalue weighted by molar-refractivity contribution is -0.302. The van der Waals surface area contributed by atoms with Crippen LogP contribution in [0.2, 0.25) is 0 Å². The maximum Gasteiger partial charge on any atom is 0.220 e. The maximum atomic E-state index is 13.0. The van der Waals surface area contributed by atoms with Crippen molar-refractivity contribution in [3.05, 3.63) is 85.1 Å². The second kappa shape index (κ2) is 38.6. The molecule has 0 aromatic heterocycles. The summed E-state index contributed by atoms with van der Waals surface area (Å²) in [7, 11) is 0. The van der Waals surface area contributed by atoms with Crippen molar-refractivity contribution in [3.63, 3.8) is 0 Å². The highest BCUT2D eigenvalue weighted by molar-refractivity contribution is 5.76. The summed E-state index contributed by atoms with van der Waals surface area (Å²) < 4.78 is 11.2. The van der Waals surface area contributed by atoms with Crippen molar-refractivity contribution in [1.82, 2.24) is 5.32 Å². The second-order valence-electron chi connectivity index (χ2n) is 15.4. The summed E-state index contributed by atoms with van der Waals surface area (Å²) >= 11 is 0. The molecule has 7 unspecified atom stereocenters. The Labute approximate surface area is 352 Å². The highest BCUT2D eigenvalue weighted by Gasteiger charge is 2.44. The molecule has 0 aromatic rings. The van der Waals surface area contributed by atoms with Gasteiger partial charge >= 0.3 is 0 Å². The third kappa shape index (κ3) is 28.7. The highest BCUT2D eigenvalue weighted by Crippen LogP contribution is 2.22. The van der Waals surface area contributed by atoms with Crippen molar-refractivity contribution in [3.8, 4) is 0 Å². The summed E-state index contributed by atoms with van der Waals surface area (Å²) in [6.07, 6.45) is 46.2. The molecule has 0 aromatic carbocycles. The van der Waals surface area contributed by atoms with Gasteiger partial charge in [-0.05, 0) is 83.5 Å². The molecule has 9 nitrogen and oxygen atoms in total. The molecule has 0 aliphatic carbocycles. The van der Waals surface area contributed by atoms with Crippen molar-refractivity contribution in [2.45, 2.75) is 204 Å². The van der Waals surface area contributed by atoms with Crippen LogP contribution in [-0.2, 0) is 14.3 Å². The van der Waals surface area contributed by atoms with E-state index < -0.39 is 49.5 Å². The minimum absolute atomic E-state index is 0.210. The summed E-state index contributed by atoms with van der Waals surface area (Å²) in [5.74, 6) is -0.210. The number of carbonyl (C=O) groups is 1. The van der Waals surface area contributed by atoms with E-state index in [-0.39, 0.29) is 12.5 Å². The van der Waals surface area contributed by atoms with Gasteiger partial charge in [0.1, 0.15) is 24.4 Å². The topological polar surface area (TPSA) is 149 Å². The summed E-state index contributed by atoms with van der Waals surface area (Å²) in [4.78, 5) is 13.0. The Kier molecular flexibility index (Phi) is 35.5. The van der Waals surface area contributed by atoms with Gasteiger partial charge in [-0.1, -0.05) is 157 Å². The Hall–Kier alpha value is -2.63. The van der Waals surface area contributed by atoms with Gasteiger partial charge in [0.15, 0.2) is 6.29 Å². The minimum Gasteiger partial charge on any atom is -0.394 e. The number of aliphatic hydroxyl groups excluding tert-OH is 5. The molecule has 1 heterocycles. The molecule has 1 aliphatic heterocycles. The van der Waals surface area contributed by atoms with E-state index in [1.165, 1.54) is 38.5 Å². The molecule has 0 spiro atoms. The third-order valence-electron chi connectivity index (χ3n) is 10.2. The number of carbonyl (C=O) groups excluding carboxylic acids is 1. The van der Waals surface area contributed by atoms with Gasteiger partial charge < -0.3 is 40.3 Å². The first-order valence-corrected chi connectivity index (χ1v) is 22.8. The largest absolute Gasteiger partial charge is 0.394 e. The Bertz CT molecular complexity index is 1180. The molecule has 1 rings (SSSR count). The zero-order valence-electron chi connectivity index (χ0n) is 36.3. The van der Waals surface area contributed by atoms with Crippen LogP contribution in [0.4, 0.5) is 0 Å². The number of unbranched alkanes of at least 4 members (excludes halogenated alkanes) is 14. The fourth-order valence-corrected chi connectivity index (χ4v) is 6.53. The van der Waals surface area contributed by atoms with Crippen LogP contribution in [0.3, 0.4) is 0 Å². The number of aliphatic hydroxyl groups is 5. The monoisotopic (exact) mass is 814 g/mol. The molecule has 0 bridgehead atoms. The second-order valence-corrected chi connectivity index (χ2v) is 15.4. The van der Waals surface area contributed by atoms with Gasteiger partial charge in [-0.15, -0.1) is 0 Å². The number of allylic oxidation sites excluding steroid dienone is 13. The van der Waals surface area contributed by atoms with E-state index in [1.807, 2.05) is 6.08 Å². The first-order chi connectivity index (χ1) is 28.3. The van der Waals surface area contributed by atoms with Crippen molar-refractivity contribution in [1.29, 1.82) is 0 Å². The van der Waals surface area contributed by atoms with E-state index in [0.717, 1.165) is 103 Å². The molecule has 1 fully saturated rings. The maximum absolute atomic E-state index is 13.0. The molecule has 9 heteroatoms. The van der Waals surface area contributed by atoms with Gasteiger partial charge in [0, 0.05) is 6.42 Å². The van der Waals surface area contributed by atoms with Crippen LogP contribution in [0.15, 0.2) is 85.1 Å². The van der Waals surface area contributed by atoms with Crippen LogP contribution >= 0.6 is 0 Å². The van der Waals surface area contributed by atoms with Crippen molar-refractivity contribution >= 4 is 5.91 Å². The highest BCUT2D eigenvalue weighted by atomic mass is 16.7.